The van der Waals surface area contributed by atoms with Crippen molar-refractivity contribution in [3.05, 3.63) is 52.0 Å². The van der Waals surface area contributed by atoms with E-state index in [1.807, 2.05) is 25.1 Å². The van der Waals surface area contributed by atoms with E-state index in [2.05, 4.69) is 16.0 Å². The van der Waals surface area contributed by atoms with Crippen molar-refractivity contribution in [1.29, 1.82) is 0 Å². The molecule has 1 saturated carbocycles. The molecule has 2 heterocycles. The molecule has 2 aromatic rings. The normalized spacial score (nSPS) is 25.2. The fraction of sp³-hybridized carbons (Fsp3) is 0.444. The second kappa shape index (κ2) is 5.98. The third-order valence-corrected chi connectivity index (χ3v) is 5.12. The summed E-state index contributed by atoms with van der Waals surface area (Å²) in [5.74, 6) is 0.208. The van der Waals surface area contributed by atoms with Gasteiger partial charge in [0.05, 0.1) is 17.9 Å². The Hall–Kier alpha value is -2.70. The number of amides is 1. The Morgan fingerprint density at radius 1 is 1.44 bits per heavy atom. The van der Waals surface area contributed by atoms with E-state index in [0.717, 1.165) is 29.9 Å². The summed E-state index contributed by atoms with van der Waals surface area (Å²) in [5, 5.41) is 10.8. The molecule has 1 aliphatic carbocycles. The molecule has 3 atom stereocenters. The molecule has 130 valence electrons. The Labute approximate surface area is 145 Å². The first kappa shape index (κ1) is 15.8. The van der Waals surface area contributed by atoms with Crippen LogP contribution < -0.4 is 0 Å². The number of nitrogens with zero attached hydrogens (tertiary/aromatic N) is 3. The Kier molecular flexibility index (Phi) is 3.78. The van der Waals surface area contributed by atoms with Crippen molar-refractivity contribution < 1.29 is 9.72 Å². The summed E-state index contributed by atoms with van der Waals surface area (Å²) < 4.78 is 0. The fourth-order valence-corrected chi connectivity index (χ4v) is 3.67. The van der Waals surface area contributed by atoms with Gasteiger partial charge < -0.3 is 9.88 Å². The van der Waals surface area contributed by atoms with E-state index >= 15 is 0 Å². The highest BCUT2D eigenvalue weighted by atomic mass is 16.6. The predicted molar refractivity (Wildman–Crippen MR) is 91.3 cm³/mol. The number of aromatic amines is 1. The van der Waals surface area contributed by atoms with Gasteiger partial charge in [0, 0.05) is 17.9 Å². The van der Waals surface area contributed by atoms with Crippen LogP contribution in [0.5, 0.6) is 0 Å². The van der Waals surface area contributed by atoms with Crippen molar-refractivity contribution in [3.63, 3.8) is 0 Å². The average Bonchev–Trinajstić information content (AvgIpc) is 3.02. The van der Waals surface area contributed by atoms with Gasteiger partial charge in [0.25, 0.3) is 0 Å². The molecule has 0 bridgehead atoms. The zero-order chi connectivity index (χ0) is 17.6. The Morgan fingerprint density at radius 2 is 2.28 bits per heavy atom. The number of carbonyl (C=O) groups excluding carboxylic acids is 1. The van der Waals surface area contributed by atoms with Crippen LogP contribution >= 0.6 is 0 Å². The first-order valence-corrected chi connectivity index (χ1v) is 8.60. The molecule has 4 rings (SSSR count). The smallest absolute Gasteiger partial charge is 0.233 e. The first-order valence-electron chi connectivity index (χ1n) is 8.60. The number of hydrogen-bond acceptors (Lipinski definition) is 4. The zero-order valence-corrected chi connectivity index (χ0v) is 14.0. The van der Waals surface area contributed by atoms with Crippen molar-refractivity contribution in [2.45, 2.75) is 38.3 Å². The number of imidazole rings is 1. The summed E-state index contributed by atoms with van der Waals surface area (Å²) in [6.07, 6.45) is 3.89. The number of carbonyl (C=O) groups is 1. The van der Waals surface area contributed by atoms with Gasteiger partial charge in [0.1, 0.15) is 11.7 Å². The highest BCUT2D eigenvalue weighted by Crippen LogP contribution is 2.40. The molecule has 2 fully saturated rings. The van der Waals surface area contributed by atoms with Gasteiger partial charge in [0.2, 0.25) is 11.9 Å². The molecule has 1 amide bonds. The lowest BCUT2D eigenvalue weighted by Crippen LogP contribution is -2.33. The summed E-state index contributed by atoms with van der Waals surface area (Å²) in [4.78, 5) is 32.7. The number of benzene rings is 1. The highest BCUT2D eigenvalue weighted by Gasteiger charge is 2.55. The van der Waals surface area contributed by atoms with Crippen LogP contribution in [0.4, 0.5) is 0 Å². The number of rotatable bonds is 4. The van der Waals surface area contributed by atoms with Crippen LogP contribution in [0.3, 0.4) is 0 Å². The number of nitrogens with one attached hydrogen (secondary N) is 1. The summed E-state index contributed by atoms with van der Waals surface area (Å²) >= 11 is 0. The SMILES string of the molecule is Cc1cccc(-c2cnc([C@@H]3CCCN3C(=O)[C@H]3C[C@@H]3[N+](=O)[O-])[nH]2)c1. The van der Waals surface area contributed by atoms with E-state index in [0.29, 0.717) is 13.0 Å². The number of aromatic nitrogens is 2. The quantitative estimate of drug-likeness (QED) is 0.684. The maximum Gasteiger partial charge on any atom is 0.233 e. The Balaban J connectivity index is 1.53. The van der Waals surface area contributed by atoms with E-state index in [1.165, 1.54) is 5.56 Å². The van der Waals surface area contributed by atoms with Crippen LogP contribution in [-0.2, 0) is 4.79 Å². The largest absolute Gasteiger partial charge is 0.340 e. The zero-order valence-electron chi connectivity index (χ0n) is 14.0. The molecule has 0 radical (unpaired) electrons. The minimum absolute atomic E-state index is 0.0993. The Bertz CT molecular complexity index is 831. The molecule has 25 heavy (non-hydrogen) atoms. The average molecular weight is 340 g/mol. The van der Waals surface area contributed by atoms with Crippen molar-refractivity contribution >= 4 is 5.91 Å². The molecule has 0 unspecified atom stereocenters. The van der Waals surface area contributed by atoms with Gasteiger partial charge in [0.15, 0.2) is 0 Å². The summed E-state index contributed by atoms with van der Waals surface area (Å²) in [6.45, 7) is 2.68. The van der Waals surface area contributed by atoms with E-state index in [-0.39, 0.29) is 16.9 Å². The molecule has 2 aliphatic rings. The second-order valence-electron chi connectivity index (χ2n) is 6.94. The van der Waals surface area contributed by atoms with E-state index < -0.39 is 12.0 Å². The predicted octanol–water partition coefficient (Wildman–Crippen LogP) is 2.71. The first-order chi connectivity index (χ1) is 12.0. The third-order valence-electron chi connectivity index (χ3n) is 5.12. The van der Waals surface area contributed by atoms with Gasteiger partial charge in [-0.25, -0.2) is 4.98 Å². The molecule has 1 aromatic carbocycles. The van der Waals surface area contributed by atoms with Gasteiger partial charge in [-0.05, 0) is 31.4 Å². The number of H-pyrrole nitrogens is 1. The van der Waals surface area contributed by atoms with Crippen LogP contribution in [0.25, 0.3) is 11.3 Å². The van der Waals surface area contributed by atoms with Gasteiger partial charge in [-0.1, -0.05) is 23.8 Å². The number of likely N-dealkylation sites (tertiary alicyclic amines) is 1. The maximum atomic E-state index is 12.6. The van der Waals surface area contributed by atoms with E-state index in [9.17, 15) is 14.9 Å². The highest BCUT2D eigenvalue weighted by molar-refractivity contribution is 5.82. The maximum absolute atomic E-state index is 12.6. The van der Waals surface area contributed by atoms with Crippen LogP contribution in [0.15, 0.2) is 30.5 Å². The molecule has 7 nitrogen and oxygen atoms in total. The summed E-state index contributed by atoms with van der Waals surface area (Å²) in [7, 11) is 0. The van der Waals surface area contributed by atoms with Gasteiger partial charge in [-0.2, -0.15) is 0 Å². The van der Waals surface area contributed by atoms with Crippen molar-refractivity contribution in [1.82, 2.24) is 14.9 Å². The molecule has 1 aliphatic heterocycles. The van der Waals surface area contributed by atoms with Crippen molar-refractivity contribution in [2.24, 2.45) is 5.92 Å². The van der Waals surface area contributed by atoms with Crippen molar-refractivity contribution in [2.75, 3.05) is 6.54 Å². The minimum atomic E-state index is -0.701. The molecular formula is C18H20N4O3. The van der Waals surface area contributed by atoms with Crippen LogP contribution in [0.1, 0.15) is 36.7 Å². The fourth-order valence-electron chi connectivity index (χ4n) is 3.67. The minimum Gasteiger partial charge on any atom is -0.340 e. The lowest BCUT2D eigenvalue weighted by Gasteiger charge is -2.22. The topological polar surface area (TPSA) is 92.1 Å². The van der Waals surface area contributed by atoms with Crippen LogP contribution in [0, 0.1) is 23.0 Å². The number of nitro groups is 1. The standard InChI is InChI=1S/C18H20N4O3/c1-11-4-2-5-12(8-11)14-10-19-17(20-14)15-6-3-7-21(15)18(23)13-9-16(13)22(24)25/h2,4-5,8,10,13,15-16H,3,6-7,9H2,1H3,(H,19,20)/t13-,15-,16-/m0/s1. The lowest BCUT2D eigenvalue weighted by molar-refractivity contribution is -0.497. The van der Waals surface area contributed by atoms with Gasteiger partial charge in [-0.15, -0.1) is 0 Å². The third kappa shape index (κ3) is 2.90. The van der Waals surface area contributed by atoms with Crippen molar-refractivity contribution in [3.8, 4) is 11.3 Å². The molecule has 1 N–H and O–H groups in total. The summed E-state index contributed by atoms with van der Waals surface area (Å²) in [5.41, 5.74) is 3.16. The number of hydrogen-bond donors (Lipinski definition) is 1. The van der Waals surface area contributed by atoms with Crippen LogP contribution in [-0.4, -0.2) is 38.3 Å². The molecular weight excluding hydrogens is 320 g/mol. The van der Waals surface area contributed by atoms with Crippen LogP contribution in [0.2, 0.25) is 0 Å². The monoisotopic (exact) mass is 340 g/mol. The second-order valence-corrected chi connectivity index (χ2v) is 6.94. The lowest BCUT2D eigenvalue weighted by atomic mass is 10.1. The molecule has 1 aromatic heterocycles. The van der Waals surface area contributed by atoms with Gasteiger partial charge in [-0.3, -0.25) is 14.9 Å². The number of aryl methyl sites for hydroxylation is 1. The van der Waals surface area contributed by atoms with Gasteiger partial charge >= 0.3 is 0 Å². The molecule has 7 heteroatoms. The van der Waals surface area contributed by atoms with E-state index in [4.69, 9.17) is 0 Å². The molecule has 0 spiro atoms. The van der Waals surface area contributed by atoms with E-state index in [1.54, 1.807) is 11.1 Å². The summed E-state index contributed by atoms with van der Waals surface area (Å²) in [6, 6.07) is 7.34. The molecule has 1 saturated heterocycles. The Morgan fingerprint density at radius 3 is 3.00 bits per heavy atom.